The minimum Gasteiger partial charge on any atom is -0.455 e. The molecule has 12 rings (SSSR count). The van der Waals surface area contributed by atoms with Crippen LogP contribution in [0.5, 0.6) is 0 Å². The van der Waals surface area contributed by atoms with E-state index < -0.39 is 11.7 Å². The third-order valence-electron chi connectivity index (χ3n) is 11.6. The predicted octanol–water partition coefficient (Wildman–Crippen LogP) is 14.2. The lowest BCUT2D eigenvalue weighted by Gasteiger charge is -2.20. The molecule has 4 heterocycles. The van der Waals surface area contributed by atoms with Gasteiger partial charge in [0.1, 0.15) is 22.3 Å². The molecular weight excluding hydrogens is 732 g/mol. The number of furan rings is 2. The summed E-state index contributed by atoms with van der Waals surface area (Å²) in [6.45, 7) is 0. The molecule has 8 aromatic carbocycles. The lowest BCUT2D eigenvalue weighted by Crippen LogP contribution is -2.08. The number of nitriles is 1. The van der Waals surface area contributed by atoms with Crippen molar-refractivity contribution in [2.75, 3.05) is 0 Å². The Bertz CT molecular complexity index is 3760. The van der Waals surface area contributed by atoms with Gasteiger partial charge < -0.3 is 18.0 Å². The lowest BCUT2D eigenvalue weighted by molar-refractivity contribution is -0.137. The first kappa shape index (κ1) is 32.5. The van der Waals surface area contributed by atoms with E-state index >= 15 is 0 Å². The van der Waals surface area contributed by atoms with Crippen LogP contribution in [0.2, 0.25) is 0 Å². The third-order valence-corrected chi connectivity index (χ3v) is 11.6. The molecule has 0 spiro atoms. The van der Waals surface area contributed by atoms with Crippen molar-refractivity contribution in [3.8, 4) is 28.6 Å². The van der Waals surface area contributed by atoms with E-state index in [-0.39, 0.29) is 0 Å². The van der Waals surface area contributed by atoms with Gasteiger partial charge in [-0.1, -0.05) is 78.9 Å². The van der Waals surface area contributed by atoms with Crippen LogP contribution in [0.15, 0.2) is 167 Å². The number of halogens is 3. The summed E-state index contributed by atoms with van der Waals surface area (Å²) in [4.78, 5) is 0. The number of benzene rings is 8. The van der Waals surface area contributed by atoms with Crippen molar-refractivity contribution < 1.29 is 22.0 Å². The van der Waals surface area contributed by atoms with E-state index in [1.54, 1.807) is 12.1 Å². The second kappa shape index (κ2) is 11.6. The number of hydrogen-bond donors (Lipinski definition) is 0. The van der Waals surface area contributed by atoms with Crippen molar-refractivity contribution in [2.24, 2.45) is 0 Å². The Morgan fingerprint density at radius 3 is 1.52 bits per heavy atom. The summed E-state index contributed by atoms with van der Waals surface area (Å²) in [7, 11) is 0. The molecule has 0 unspecified atom stereocenters. The van der Waals surface area contributed by atoms with Crippen molar-refractivity contribution in [1.29, 1.82) is 5.26 Å². The summed E-state index contributed by atoms with van der Waals surface area (Å²) in [6.07, 6.45) is -4.62. The second-order valence-corrected chi connectivity index (χ2v) is 14.6. The standard InChI is InChI=1S/C50H26F3N3O2/c51-50(52,53)29-18-19-30(43(26-29)56-39-14-6-2-12-36(39)47-42(56)24-21-34-32-10-4-8-16-45(32)58-49(34)47)37-25-28(27-54)17-22-40(37)55-38-13-5-1-11-35(38)46-41(55)23-20-33-31-9-3-7-15-44(31)57-48(33)46/h1-26H. The molecule has 274 valence electrons. The zero-order valence-corrected chi connectivity index (χ0v) is 30.3. The van der Waals surface area contributed by atoms with Crippen LogP contribution in [0.1, 0.15) is 11.1 Å². The molecule has 0 aliphatic heterocycles. The van der Waals surface area contributed by atoms with Crippen molar-refractivity contribution in [3.05, 3.63) is 169 Å². The minimum atomic E-state index is -4.62. The van der Waals surface area contributed by atoms with Crippen molar-refractivity contribution in [3.63, 3.8) is 0 Å². The van der Waals surface area contributed by atoms with Crippen LogP contribution in [0, 0.1) is 11.3 Å². The molecule has 8 heteroatoms. The Morgan fingerprint density at radius 2 is 0.966 bits per heavy atom. The number of fused-ring (bicyclic) bond motifs is 14. The van der Waals surface area contributed by atoms with Gasteiger partial charge in [0.25, 0.3) is 0 Å². The monoisotopic (exact) mass is 757 g/mol. The first-order chi connectivity index (χ1) is 28.4. The van der Waals surface area contributed by atoms with Crippen LogP contribution in [0.3, 0.4) is 0 Å². The average molecular weight is 758 g/mol. The summed E-state index contributed by atoms with van der Waals surface area (Å²) >= 11 is 0. The smallest absolute Gasteiger partial charge is 0.416 e. The van der Waals surface area contributed by atoms with Gasteiger partial charge in [-0.05, 0) is 78.9 Å². The third kappa shape index (κ3) is 4.41. The van der Waals surface area contributed by atoms with Gasteiger partial charge in [-0.3, -0.25) is 0 Å². The number of alkyl halides is 3. The van der Waals surface area contributed by atoms with Gasteiger partial charge in [-0.2, -0.15) is 18.4 Å². The molecule has 4 aromatic heterocycles. The summed E-state index contributed by atoms with van der Waals surface area (Å²) in [5.74, 6) is 0. The summed E-state index contributed by atoms with van der Waals surface area (Å²) < 4.78 is 61.4. The topological polar surface area (TPSA) is 59.9 Å². The van der Waals surface area contributed by atoms with E-state index in [0.717, 1.165) is 76.9 Å². The van der Waals surface area contributed by atoms with Crippen molar-refractivity contribution in [2.45, 2.75) is 6.18 Å². The molecule has 0 aliphatic carbocycles. The van der Waals surface area contributed by atoms with Crippen molar-refractivity contribution in [1.82, 2.24) is 9.13 Å². The van der Waals surface area contributed by atoms with Gasteiger partial charge >= 0.3 is 6.18 Å². The van der Waals surface area contributed by atoms with Crippen LogP contribution in [-0.2, 0) is 6.18 Å². The molecule has 5 nitrogen and oxygen atoms in total. The number of nitrogens with zero attached hydrogens (tertiary/aromatic N) is 3. The number of hydrogen-bond acceptors (Lipinski definition) is 3. The van der Waals surface area contributed by atoms with Crippen LogP contribution < -0.4 is 0 Å². The van der Waals surface area contributed by atoms with E-state index in [9.17, 15) is 18.4 Å². The predicted molar refractivity (Wildman–Crippen MR) is 225 cm³/mol. The van der Waals surface area contributed by atoms with Crippen LogP contribution >= 0.6 is 0 Å². The largest absolute Gasteiger partial charge is 0.455 e. The van der Waals surface area contributed by atoms with Crippen LogP contribution in [0.4, 0.5) is 13.2 Å². The molecule has 0 N–H and O–H groups in total. The highest BCUT2D eigenvalue weighted by molar-refractivity contribution is 6.25. The Morgan fingerprint density at radius 1 is 0.448 bits per heavy atom. The Balaban J connectivity index is 1.21. The van der Waals surface area contributed by atoms with Gasteiger partial charge in [0.15, 0.2) is 0 Å². The summed E-state index contributed by atoms with van der Waals surface area (Å²) in [5.41, 5.74) is 7.77. The second-order valence-electron chi connectivity index (χ2n) is 14.6. The Hall–Kier alpha value is -7.76. The number of para-hydroxylation sites is 4. The highest BCUT2D eigenvalue weighted by Gasteiger charge is 2.33. The normalized spacial score (nSPS) is 12.4. The van der Waals surface area contributed by atoms with Crippen LogP contribution in [0.25, 0.3) is 110 Å². The summed E-state index contributed by atoms with van der Waals surface area (Å²) in [5, 5.41) is 17.7. The number of aromatic nitrogens is 2. The fraction of sp³-hybridized carbons (Fsp3) is 0.0200. The van der Waals surface area contributed by atoms with E-state index in [0.29, 0.717) is 44.7 Å². The van der Waals surface area contributed by atoms with Gasteiger partial charge in [-0.15, -0.1) is 0 Å². The van der Waals surface area contributed by atoms with Gasteiger partial charge in [0, 0.05) is 43.4 Å². The molecule has 58 heavy (non-hydrogen) atoms. The first-order valence-electron chi connectivity index (χ1n) is 18.8. The van der Waals surface area contributed by atoms with E-state index in [1.165, 1.54) is 12.1 Å². The zero-order valence-electron chi connectivity index (χ0n) is 30.3. The van der Waals surface area contributed by atoms with E-state index in [4.69, 9.17) is 8.83 Å². The Kier molecular flexibility index (Phi) is 6.52. The fourth-order valence-corrected chi connectivity index (χ4v) is 9.13. The lowest BCUT2D eigenvalue weighted by atomic mass is 9.97. The van der Waals surface area contributed by atoms with E-state index in [1.807, 2.05) is 114 Å². The Labute approximate surface area is 326 Å². The summed E-state index contributed by atoms with van der Waals surface area (Å²) in [6, 6.07) is 51.1. The van der Waals surface area contributed by atoms with E-state index in [2.05, 4.69) is 28.8 Å². The maximum atomic E-state index is 14.8. The maximum Gasteiger partial charge on any atom is 0.416 e. The molecule has 0 aliphatic rings. The molecule has 0 saturated heterocycles. The molecule has 0 fully saturated rings. The number of rotatable bonds is 3. The van der Waals surface area contributed by atoms with Crippen molar-refractivity contribution >= 4 is 87.5 Å². The molecular formula is C50H26F3N3O2. The minimum absolute atomic E-state index is 0.313. The van der Waals surface area contributed by atoms with Gasteiger partial charge in [0.2, 0.25) is 0 Å². The molecule has 0 amide bonds. The fourth-order valence-electron chi connectivity index (χ4n) is 9.13. The van der Waals surface area contributed by atoms with Crippen LogP contribution in [-0.4, -0.2) is 9.13 Å². The average Bonchev–Trinajstić information content (AvgIpc) is 4.00. The SMILES string of the molecule is N#Cc1ccc(-n2c3ccccc3c3c4oc5ccccc5c4ccc32)c(-c2ccc(C(F)(F)F)cc2-n2c3ccccc3c3c4oc5ccccc5c4ccc32)c1. The quantitative estimate of drug-likeness (QED) is 0.180. The molecule has 0 bridgehead atoms. The highest BCUT2D eigenvalue weighted by atomic mass is 19.4. The first-order valence-corrected chi connectivity index (χ1v) is 18.8. The molecule has 0 saturated carbocycles. The highest BCUT2D eigenvalue weighted by Crippen LogP contribution is 2.46. The molecule has 0 radical (unpaired) electrons. The van der Waals surface area contributed by atoms with Gasteiger partial charge in [-0.25, -0.2) is 0 Å². The maximum absolute atomic E-state index is 14.8. The molecule has 0 atom stereocenters. The van der Waals surface area contributed by atoms with Gasteiger partial charge in [0.05, 0.1) is 61.4 Å². The zero-order chi connectivity index (χ0) is 38.9. The molecule has 12 aromatic rings.